The van der Waals surface area contributed by atoms with Crippen LogP contribution in [0.2, 0.25) is 5.02 Å². The molecule has 38 heavy (non-hydrogen) atoms. The van der Waals surface area contributed by atoms with Gasteiger partial charge in [-0.1, -0.05) is 17.7 Å². The molecule has 3 amide bonds. The van der Waals surface area contributed by atoms with E-state index in [0.29, 0.717) is 57.6 Å². The van der Waals surface area contributed by atoms with Gasteiger partial charge in [-0.25, -0.2) is 13.6 Å². The molecule has 2 N–H and O–H groups in total. The van der Waals surface area contributed by atoms with Gasteiger partial charge in [-0.15, -0.1) is 0 Å². The van der Waals surface area contributed by atoms with E-state index in [1.165, 1.54) is 35.2 Å². The molecule has 10 heteroatoms. The zero-order valence-electron chi connectivity index (χ0n) is 19.7. The number of ether oxygens (including phenoxy) is 1. The SMILES string of the molecule is O=C1NC(c2cc(F)ccc2Cl)c2c(NC(=O)N3CC4(CCO4)c4cc(F)ccc43)cc3ncccc3c21. The van der Waals surface area contributed by atoms with Crippen molar-refractivity contribution in [3.63, 3.8) is 0 Å². The van der Waals surface area contributed by atoms with Crippen molar-refractivity contribution in [3.8, 4) is 0 Å². The summed E-state index contributed by atoms with van der Waals surface area (Å²) in [4.78, 5) is 32.9. The van der Waals surface area contributed by atoms with Crippen molar-refractivity contribution in [2.24, 2.45) is 0 Å². The molecule has 3 aliphatic rings. The monoisotopic (exact) mass is 532 g/mol. The lowest BCUT2D eigenvalue weighted by Crippen LogP contribution is -2.47. The Hall–Kier alpha value is -4.08. The van der Waals surface area contributed by atoms with E-state index in [0.717, 1.165) is 0 Å². The summed E-state index contributed by atoms with van der Waals surface area (Å²) in [7, 11) is 0. The Morgan fingerprint density at radius 2 is 1.95 bits per heavy atom. The predicted molar refractivity (Wildman–Crippen MR) is 137 cm³/mol. The highest BCUT2D eigenvalue weighted by molar-refractivity contribution is 6.31. The number of hydrogen-bond donors (Lipinski definition) is 2. The molecule has 4 heterocycles. The maximum atomic E-state index is 14.2. The van der Waals surface area contributed by atoms with E-state index in [4.69, 9.17) is 16.3 Å². The number of aromatic nitrogens is 1. The van der Waals surface area contributed by atoms with Gasteiger partial charge in [0, 0.05) is 39.7 Å². The van der Waals surface area contributed by atoms with Gasteiger partial charge in [0.2, 0.25) is 0 Å². The molecule has 2 unspecified atom stereocenters. The lowest BCUT2D eigenvalue weighted by Gasteiger charge is -2.39. The second-order valence-corrected chi connectivity index (χ2v) is 10.0. The number of halogens is 3. The zero-order valence-corrected chi connectivity index (χ0v) is 20.5. The van der Waals surface area contributed by atoms with Crippen LogP contribution < -0.4 is 15.5 Å². The topological polar surface area (TPSA) is 83.6 Å². The smallest absolute Gasteiger partial charge is 0.326 e. The third-order valence-electron chi connectivity index (χ3n) is 7.53. The third-order valence-corrected chi connectivity index (χ3v) is 7.88. The van der Waals surface area contributed by atoms with Gasteiger partial charge in [-0.05, 0) is 48.5 Å². The maximum absolute atomic E-state index is 14.2. The highest BCUT2D eigenvalue weighted by Crippen LogP contribution is 2.49. The number of rotatable bonds is 2. The second kappa shape index (κ2) is 8.21. The van der Waals surface area contributed by atoms with Gasteiger partial charge in [0.1, 0.15) is 17.2 Å². The average Bonchev–Trinajstić information content (AvgIpc) is 3.41. The highest BCUT2D eigenvalue weighted by Gasteiger charge is 2.50. The number of hydrogen-bond acceptors (Lipinski definition) is 4. The molecule has 7 nitrogen and oxygen atoms in total. The first-order valence-corrected chi connectivity index (χ1v) is 12.4. The fourth-order valence-corrected chi connectivity index (χ4v) is 5.94. The molecule has 190 valence electrons. The molecule has 1 saturated heterocycles. The van der Waals surface area contributed by atoms with Crippen LogP contribution in [0.1, 0.15) is 39.5 Å². The molecule has 0 saturated carbocycles. The molecule has 1 fully saturated rings. The summed E-state index contributed by atoms with van der Waals surface area (Å²) in [5.41, 5.74) is 2.44. The summed E-state index contributed by atoms with van der Waals surface area (Å²) in [6.07, 6.45) is 2.26. The van der Waals surface area contributed by atoms with E-state index >= 15 is 0 Å². The Bertz CT molecular complexity index is 1690. The molecule has 0 bridgehead atoms. The molecule has 1 aromatic heterocycles. The number of urea groups is 1. The quantitative estimate of drug-likeness (QED) is 0.348. The lowest BCUT2D eigenvalue weighted by atomic mass is 9.88. The summed E-state index contributed by atoms with van der Waals surface area (Å²) in [5, 5.41) is 6.69. The van der Waals surface area contributed by atoms with Gasteiger partial charge in [0.05, 0.1) is 41.6 Å². The van der Waals surface area contributed by atoms with E-state index in [2.05, 4.69) is 15.6 Å². The third kappa shape index (κ3) is 3.32. The van der Waals surface area contributed by atoms with Crippen molar-refractivity contribution in [3.05, 3.63) is 99.7 Å². The Morgan fingerprint density at radius 1 is 1.16 bits per heavy atom. The highest BCUT2D eigenvalue weighted by atomic mass is 35.5. The van der Waals surface area contributed by atoms with Crippen molar-refractivity contribution in [1.29, 1.82) is 0 Å². The molecule has 0 radical (unpaired) electrons. The van der Waals surface area contributed by atoms with Gasteiger partial charge in [0.25, 0.3) is 5.91 Å². The lowest BCUT2D eigenvalue weighted by molar-refractivity contribution is -0.141. The Labute approximate surface area is 220 Å². The molecule has 0 aliphatic carbocycles. The van der Waals surface area contributed by atoms with Crippen molar-refractivity contribution in [2.75, 3.05) is 23.4 Å². The Balaban J connectivity index is 1.35. The Morgan fingerprint density at radius 3 is 2.74 bits per heavy atom. The van der Waals surface area contributed by atoms with Gasteiger partial charge < -0.3 is 15.4 Å². The standard InChI is InChI=1S/C28H19ClF2N4O3/c29-19-5-3-14(30)10-17(19)25-24-21(12-20-16(2-1-8-32-20)23(24)26(36)34-25)33-27(37)35-13-28(7-9-38-28)18-11-15(31)4-6-22(18)35/h1-6,8,10-12,25H,7,9,13H2,(H,33,37)(H,34,36). The number of benzene rings is 3. The van der Waals surface area contributed by atoms with Gasteiger partial charge in [-0.3, -0.25) is 14.7 Å². The van der Waals surface area contributed by atoms with Crippen LogP contribution >= 0.6 is 11.6 Å². The zero-order chi connectivity index (χ0) is 26.2. The van der Waals surface area contributed by atoms with Gasteiger partial charge >= 0.3 is 6.03 Å². The predicted octanol–water partition coefficient (Wildman–Crippen LogP) is 5.67. The van der Waals surface area contributed by atoms with Crippen LogP contribution in [-0.4, -0.2) is 30.1 Å². The van der Waals surface area contributed by atoms with E-state index in [9.17, 15) is 18.4 Å². The summed E-state index contributed by atoms with van der Waals surface area (Å²) in [6, 6.07) is 12.1. The molecule has 2 atom stereocenters. The number of anilines is 2. The van der Waals surface area contributed by atoms with E-state index in [1.807, 2.05) is 0 Å². The number of carbonyl (C=O) groups excluding carboxylic acids is 2. The number of fused-ring (bicyclic) bond motifs is 5. The van der Waals surface area contributed by atoms with Crippen LogP contribution in [0.5, 0.6) is 0 Å². The number of nitrogens with zero attached hydrogens (tertiary/aromatic N) is 2. The Kier molecular flexibility index (Phi) is 4.98. The van der Waals surface area contributed by atoms with Crippen LogP contribution in [-0.2, 0) is 10.3 Å². The molecular weight excluding hydrogens is 514 g/mol. The second-order valence-electron chi connectivity index (χ2n) is 9.63. The minimum absolute atomic E-state index is 0.224. The van der Waals surface area contributed by atoms with E-state index < -0.39 is 29.3 Å². The van der Waals surface area contributed by atoms with Gasteiger partial charge in [0.15, 0.2) is 0 Å². The molecule has 3 aliphatic heterocycles. The summed E-state index contributed by atoms with van der Waals surface area (Å²) in [5.74, 6) is -1.30. The van der Waals surface area contributed by atoms with Crippen molar-refractivity contribution >= 4 is 45.8 Å². The van der Waals surface area contributed by atoms with Crippen LogP contribution in [0.25, 0.3) is 10.9 Å². The van der Waals surface area contributed by atoms with Crippen molar-refractivity contribution < 1.29 is 23.1 Å². The first kappa shape index (κ1) is 23.1. The average molecular weight is 533 g/mol. The molecular formula is C28H19ClF2N4O3. The van der Waals surface area contributed by atoms with Crippen LogP contribution in [0.4, 0.5) is 25.0 Å². The minimum atomic E-state index is -0.804. The molecule has 3 aromatic carbocycles. The normalized spacial score (nSPS) is 21.3. The maximum Gasteiger partial charge on any atom is 0.326 e. The molecule has 4 aromatic rings. The fourth-order valence-electron chi connectivity index (χ4n) is 5.71. The summed E-state index contributed by atoms with van der Waals surface area (Å²) in [6.45, 7) is 0.751. The molecule has 7 rings (SSSR count). The van der Waals surface area contributed by atoms with Gasteiger partial charge in [-0.2, -0.15) is 0 Å². The van der Waals surface area contributed by atoms with E-state index in [-0.39, 0.29) is 17.5 Å². The van der Waals surface area contributed by atoms with Crippen LogP contribution in [0, 0.1) is 11.6 Å². The van der Waals surface area contributed by atoms with E-state index in [1.54, 1.807) is 30.5 Å². The van der Waals surface area contributed by atoms with Crippen LogP contribution in [0.3, 0.4) is 0 Å². The van der Waals surface area contributed by atoms with Crippen molar-refractivity contribution in [2.45, 2.75) is 18.1 Å². The van der Waals surface area contributed by atoms with Crippen molar-refractivity contribution in [1.82, 2.24) is 10.3 Å². The number of pyridine rings is 1. The number of carbonyl (C=O) groups is 2. The largest absolute Gasteiger partial charge is 0.368 e. The fraction of sp³-hybridized carbons (Fsp3) is 0.179. The summed E-state index contributed by atoms with van der Waals surface area (Å²) < 4.78 is 34.1. The first-order chi connectivity index (χ1) is 18.3. The van der Waals surface area contributed by atoms with Crippen LogP contribution in [0.15, 0.2) is 60.8 Å². The molecule has 1 spiro atoms. The number of nitrogens with one attached hydrogen (secondary N) is 2. The first-order valence-electron chi connectivity index (χ1n) is 12.0. The number of amides is 3. The minimum Gasteiger partial charge on any atom is -0.368 e. The summed E-state index contributed by atoms with van der Waals surface area (Å²) >= 11 is 6.42.